The zero-order chi connectivity index (χ0) is 19.0. The molecule has 25 heavy (non-hydrogen) atoms. The third-order valence-electron chi connectivity index (χ3n) is 4.22. The van der Waals surface area contributed by atoms with Crippen LogP contribution in [-0.4, -0.2) is 34.3 Å². The van der Waals surface area contributed by atoms with Gasteiger partial charge in [0.05, 0.1) is 22.8 Å². The molecule has 0 saturated heterocycles. The number of hydrogen-bond donors (Lipinski definition) is 0. The highest BCUT2D eigenvalue weighted by atomic mass is 28.3. The van der Waals surface area contributed by atoms with E-state index in [0.717, 1.165) is 5.56 Å². The zero-order valence-corrected chi connectivity index (χ0v) is 18.3. The summed E-state index contributed by atoms with van der Waals surface area (Å²) < 4.78 is 5.75. The molecular formula is C20H28O3Si2. The van der Waals surface area contributed by atoms with Crippen LogP contribution in [0.3, 0.4) is 0 Å². The van der Waals surface area contributed by atoms with Gasteiger partial charge < -0.3 is 4.74 Å². The summed E-state index contributed by atoms with van der Waals surface area (Å²) in [4.78, 5) is 27.0. The van der Waals surface area contributed by atoms with E-state index in [9.17, 15) is 9.59 Å². The van der Waals surface area contributed by atoms with E-state index in [1.807, 2.05) is 37.3 Å². The molecule has 3 nitrogen and oxygen atoms in total. The fourth-order valence-corrected chi connectivity index (χ4v) is 6.72. The molecule has 0 saturated carbocycles. The lowest BCUT2D eigenvalue weighted by Gasteiger charge is -2.33. The summed E-state index contributed by atoms with van der Waals surface area (Å²) >= 11 is 0. The highest BCUT2D eigenvalue weighted by Crippen LogP contribution is 2.39. The van der Waals surface area contributed by atoms with Crippen LogP contribution in [0.5, 0.6) is 0 Å². The van der Waals surface area contributed by atoms with Gasteiger partial charge in [-0.25, -0.2) is 0 Å². The van der Waals surface area contributed by atoms with Gasteiger partial charge in [-0.2, -0.15) is 0 Å². The monoisotopic (exact) mass is 372 g/mol. The molecule has 0 atom stereocenters. The fraction of sp³-hybridized carbons (Fsp3) is 0.400. The third kappa shape index (κ3) is 3.77. The number of ketones is 2. The van der Waals surface area contributed by atoms with E-state index >= 15 is 0 Å². The van der Waals surface area contributed by atoms with Crippen molar-refractivity contribution in [3.63, 3.8) is 0 Å². The van der Waals surface area contributed by atoms with Gasteiger partial charge in [-0.05, 0) is 12.5 Å². The number of benzene rings is 1. The Hall–Kier alpha value is -1.73. The van der Waals surface area contributed by atoms with E-state index in [0.29, 0.717) is 28.3 Å². The summed E-state index contributed by atoms with van der Waals surface area (Å²) in [5.41, 5.74) is 1.44. The molecule has 5 heteroatoms. The number of ether oxygens (including phenoxy) is 1. The highest BCUT2D eigenvalue weighted by Gasteiger charge is 2.45. The molecule has 0 bridgehead atoms. The van der Waals surface area contributed by atoms with Crippen LogP contribution in [0.4, 0.5) is 0 Å². The largest absolute Gasteiger partial charge is 0.490 e. The number of carbonyl (C=O) groups excluding carboxylic acids is 2. The van der Waals surface area contributed by atoms with Crippen molar-refractivity contribution in [2.24, 2.45) is 0 Å². The number of carbonyl (C=O) groups is 2. The predicted molar refractivity (Wildman–Crippen MR) is 109 cm³/mol. The van der Waals surface area contributed by atoms with Crippen LogP contribution >= 0.6 is 0 Å². The maximum Gasteiger partial charge on any atom is 0.220 e. The molecule has 0 N–H and O–H groups in total. The van der Waals surface area contributed by atoms with Gasteiger partial charge in [0.15, 0.2) is 11.5 Å². The molecule has 0 heterocycles. The van der Waals surface area contributed by atoms with Crippen LogP contribution < -0.4 is 0 Å². The second kappa shape index (κ2) is 6.88. The first-order chi connectivity index (χ1) is 11.5. The van der Waals surface area contributed by atoms with Gasteiger partial charge in [0.2, 0.25) is 5.78 Å². The van der Waals surface area contributed by atoms with Gasteiger partial charge in [0.1, 0.15) is 0 Å². The first-order valence-electron chi connectivity index (χ1n) is 8.77. The lowest BCUT2D eigenvalue weighted by Crippen LogP contribution is -2.42. The van der Waals surface area contributed by atoms with E-state index in [4.69, 9.17) is 4.74 Å². The standard InChI is InChI=1S/C20H28O3Si2/c1-8-23-18-17(22)19(24(2,3)4)15(14-12-10-9-11-13-14)16(21)20(18)25(5,6)7/h9-13H,8H2,1-7H3. The first kappa shape index (κ1) is 19.6. The molecular weight excluding hydrogens is 344 g/mol. The van der Waals surface area contributed by atoms with Crippen molar-refractivity contribution in [3.8, 4) is 0 Å². The molecule has 0 aliphatic heterocycles. The van der Waals surface area contributed by atoms with Crippen LogP contribution in [0.1, 0.15) is 12.5 Å². The number of hydrogen-bond acceptors (Lipinski definition) is 3. The summed E-state index contributed by atoms with van der Waals surface area (Å²) in [6.07, 6.45) is 0. The van der Waals surface area contributed by atoms with Crippen molar-refractivity contribution < 1.29 is 14.3 Å². The Kier molecular flexibility index (Phi) is 5.39. The molecule has 1 aromatic carbocycles. The Bertz CT molecular complexity index is 760. The molecule has 134 valence electrons. The zero-order valence-electron chi connectivity index (χ0n) is 16.3. The lowest BCUT2D eigenvalue weighted by molar-refractivity contribution is -0.117. The van der Waals surface area contributed by atoms with Gasteiger partial charge >= 0.3 is 0 Å². The highest BCUT2D eigenvalue weighted by molar-refractivity contribution is 6.94. The van der Waals surface area contributed by atoms with Gasteiger partial charge in [-0.1, -0.05) is 69.6 Å². The van der Waals surface area contributed by atoms with Gasteiger partial charge in [-0.3, -0.25) is 9.59 Å². The summed E-state index contributed by atoms with van der Waals surface area (Å²) in [6, 6.07) is 9.60. The van der Waals surface area contributed by atoms with Crippen molar-refractivity contribution >= 4 is 33.3 Å². The average molecular weight is 373 g/mol. The Morgan fingerprint density at radius 3 is 1.76 bits per heavy atom. The number of allylic oxidation sites excluding steroid dienone is 3. The molecule has 1 aliphatic carbocycles. The predicted octanol–water partition coefficient (Wildman–Crippen LogP) is 4.64. The maximum absolute atomic E-state index is 13.6. The summed E-state index contributed by atoms with van der Waals surface area (Å²) in [5.74, 6) is 0.228. The van der Waals surface area contributed by atoms with Crippen LogP contribution in [-0.2, 0) is 14.3 Å². The smallest absolute Gasteiger partial charge is 0.220 e. The van der Waals surface area contributed by atoms with Crippen molar-refractivity contribution in [3.05, 3.63) is 52.0 Å². The fourth-order valence-electron chi connectivity index (χ4n) is 3.24. The Labute approximate surface area is 152 Å². The second-order valence-corrected chi connectivity index (χ2v) is 18.4. The Balaban J connectivity index is 2.84. The normalized spacial score (nSPS) is 16.6. The van der Waals surface area contributed by atoms with E-state index in [-0.39, 0.29) is 11.6 Å². The van der Waals surface area contributed by atoms with Gasteiger partial charge in [0.25, 0.3) is 0 Å². The van der Waals surface area contributed by atoms with Crippen LogP contribution in [0.15, 0.2) is 46.5 Å². The quantitative estimate of drug-likeness (QED) is 0.559. The minimum atomic E-state index is -2.06. The maximum atomic E-state index is 13.6. The molecule has 0 spiro atoms. The lowest BCUT2D eigenvalue weighted by atomic mass is 9.94. The first-order valence-corrected chi connectivity index (χ1v) is 15.8. The number of rotatable bonds is 5. The molecule has 0 fully saturated rings. The molecule has 2 rings (SSSR count). The minimum Gasteiger partial charge on any atom is -0.490 e. The van der Waals surface area contributed by atoms with Gasteiger partial charge in [-0.15, -0.1) is 0 Å². The molecule has 1 aliphatic rings. The summed E-state index contributed by atoms with van der Waals surface area (Å²) in [5, 5.41) is 1.31. The van der Waals surface area contributed by atoms with Crippen molar-refractivity contribution in [2.75, 3.05) is 6.61 Å². The minimum absolute atomic E-state index is 0.00848. The van der Waals surface area contributed by atoms with Crippen LogP contribution in [0, 0.1) is 0 Å². The average Bonchev–Trinajstić information content (AvgIpc) is 2.48. The van der Waals surface area contributed by atoms with Crippen LogP contribution in [0.25, 0.3) is 5.57 Å². The number of Topliss-reactive ketones (excluding diaryl/α,β-unsaturated/α-hetero) is 2. The summed E-state index contributed by atoms with van der Waals surface area (Å²) in [7, 11) is -4.12. The van der Waals surface area contributed by atoms with Crippen molar-refractivity contribution in [2.45, 2.75) is 46.2 Å². The van der Waals surface area contributed by atoms with E-state index in [1.165, 1.54) is 0 Å². The van der Waals surface area contributed by atoms with Gasteiger partial charge in [0, 0.05) is 16.0 Å². The molecule has 1 aromatic rings. The third-order valence-corrected chi connectivity index (χ3v) is 8.15. The Morgan fingerprint density at radius 2 is 1.32 bits per heavy atom. The van der Waals surface area contributed by atoms with E-state index in [1.54, 1.807) is 0 Å². The molecule has 0 unspecified atom stereocenters. The van der Waals surface area contributed by atoms with E-state index in [2.05, 4.69) is 39.3 Å². The van der Waals surface area contributed by atoms with E-state index < -0.39 is 16.1 Å². The second-order valence-electron chi connectivity index (χ2n) is 8.41. The Morgan fingerprint density at radius 1 is 0.800 bits per heavy atom. The van der Waals surface area contributed by atoms with Crippen LogP contribution in [0.2, 0.25) is 39.3 Å². The SMILES string of the molecule is CCOC1=C([Si](C)(C)C)C(=O)C(c2ccccc2)=C([Si](C)(C)C)C1=O. The topological polar surface area (TPSA) is 43.4 Å². The molecule has 0 amide bonds. The van der Waals surface area contributed by atoms with Crippen molar-refractivity contribution in [1.29, 1.82) is 0 Å². The van der Waals surface area contributed by atoms with Crippen molar-refractivity contribution in [1.82, 2.24) is 0 Å². The molecule has 0 aromatic heterocycles. The molecule has 0 radical (unpaired) electrons. The summed E-state index contributed by atoms with van der Waals surface area (Å²) in [6.45, 7) is 14.9.